The van der Waals surface area contributed by atoms with Crippen LogP contribution >= 0.6 is 0 Å². The van der Waals surface area contributed by atoms with Gasteiger partial charge in [0.15, 0.2) is 21.3 Å². The predicted molar refractivity (Wildman–Crippen MR) is 116 cm³/mol. The fourth-order valence-electron chi connectivity index (χ4n) is 3.84. The first-order chi connectivity index (χ1) is 14.9. The van der Waals surface area contributed by atoms with Crippen molar-refractivity contribution in [3.63, 3.8) is 0 Å². The molecule has 7 nitrogen and oxygen atoms in total. The van der Waals surface area contributed by atoms with Crippen molar-refractivity contribution in [3.8, 4) is 17.2 Å². The van der Waals surface area contributed by atoms with Gasteiger partial charge in [-0.25, -0.2) is 8.42 Å². The lowest BCUT2D eigenvalue weighted by Gasteiger charge is -2.34. The molecule has 2 aromatic carbocycles. The van der Waals surface area contributed by atoms with E-state index in [4.69, 9.17) is 14.2 Å². The standard InChI is InChI=1S/C23H27NO6S/c1-2-12-28-19-9-7-17(8-10-19)14-24(18-11-13-31(26,27)16-18)23(25)22-15-29-20-5-3-4-6-21(20)30-22/h3-10,18,22H,2,11-16H2,1H3. The van der Waals surface area contributed by atoms with Crippen LogP contribution in [0.4, 0.5) is 0 Å². The van der Waals surface area contributed by atoms with Gasteiger partial charge in [-0.15, -0.1) is 0 Å². The molecule has 0 aliphatic carbocycles. The number of ether oxygens (including phenoxy) is 3. The summed E-state index contributed by atoms with van der Waals surface area (Å²) < 4.78 is 41.4. The van der Waals surface area contributed by atoms with E-state index in [1.165, 1.54) is 0 Å². The highest BCUT2D eigenvalue weighted by Gasteiger charge is 2.39. The Morgan fingerprint density at radius 2 is 1.87 bits per heavy atom. The second-order valence-corrected chi connectivity index (χ2v) is 10.1. The molecule has 2 aliphatic heterocycles. The lowest BCUT2D eigenvalue weighted by Crippen LogP contribution is -2.50. The van der Waals surface area contributed by atoms with E-state index in [-0.39, 0.29) is 30.1 Å². The van der Waals surface area contributed by atoms with E-state index in [9.17, 15) is 13.2 Å². The Labute approximate surface area is 182 Å². The molecule has 166 valence electrons. The number of sulfone groups is 1. The molecule has 2 aromatic rings. The van der Waals surface area contributed by atoms with Crippen molar-refractivity contribution >= 4 is 15.7 Å². The van der Waals surface area contributed by atoms with Crippen molar-refractivity contribution in [3.05, 3.63) is 54.1 Å². The molecular formula is C23H27NO6S. The number of rotatable bonds is 7. The number of carbonyl (C=O) groups excluding carboxylic acids is 1. The van der Waals surface area contributed by atoms with E-state index >= 15 is 0 Å². The Hall–Kier alpha value is -2.74. The van der Waals surface area contributed by atoms with Crippen LogP contribution in [0.25, 0.3) is 0 Å². The molecule has 0 spiro atoms. The van der Waals surface area contributed by atoms with Gasteiger partial charge < -0.3 is 19.1 Å². The highest BCUT2D eigenvalue weighted by Crippen LogP contribution is 2.32. The van der Waals surface area contributed by atoms with E-state index in [1.54, 1.807) is 17.0 Å². The molecule has 4 rings (SSSR count). The quantitative estimate of drug-likeness (QED) is 0.652. The van der Waals surface area contributed by atoms with Crippen LogP contribution in [0.15, 0.2) is 48.5 Å². The molecule has 1 saturated heterocycles. The van der Waals surface area contributed by atoms with Crippen molar-refractivity contribution in [1.82, 2.24) is 4.90 Å². The number of hydrogen-bond donors (Lipinski definition) is 0. The largest absolute Gasteiger partial charge is 0.494 e. The molecular weight excluding hydrogens is 418 g/mol. The highest BCUT2D eigenvalue weighted by atomic mass is 32.2. The molecule has 0 bridgehead atoms. The maximum atomic E-state index is 13.4. The van der Waals surface area contributed by atoms with Gasteiger partial charge in [-0.2, -0.15) is 0 Å². The Balaban J connectivity index is 1.52. The molecule has 1 amide bonds. The van der Waals surface area contributed by atoms with Crippen LogP contribution in [0.1, 0.15) is 25.3 Å². The number of carbonyl (C=O) groups is 1. The van der Waals surface area contributed by atoms with Gasteiger partial charge in [-0.3, -0.25) is 4.79 Å². The molecule has 1 fully saturated rings. The third kappa shape index (κ3) is 5.12. The lowest BCUT2D eigenvalue weighted by molar-refractivity contribution is -0.143. The zero-order valence-electron chi connectivity index (χ0n) is 17.5. The second-order valence-electron chi connectivity index (χ2n) is 7.88. The maximum Gasteiger partial charge on any atom is 0.267 e. The fourth-order valence-corrected chi connectivity index (χ4v) is 5.57. The molecule has 0 radical (unpaired) electrons. The first-order valence-electron chi connectivity index (χ1n) is 10.6. The number of nitrogens with zero attached hydrogens (tertiary/aromatic N) is 1. The summed E-state index contributed by atoms with van der Waals surface area (Å²) in [5.41, 5.74) is 0.902. The number of fused-ring (bicyclic) bond motifs is 1. The molecule has 0 saturated carbocycles. The van der Waals surface area contributed by atoms with Crippen LogP contribution in [0.5, 0.6) is 17.2 Å². The predicted octanol–water partition coefficient (Wildman–Crippen LogP) is 2.83. The average molecular weight is 446 g/mol. The minimum atomic E-state index is -3.15. The van der Waals surface area contributed by atoms with Gasteiger partial charge >= 0.3 is 0 Å². The summed E-state index contributed by atoms with van der Waals surface area (Å²) in [6, 6.07) is 14.4. The van der Waals surface area contributed by atoms with E-state index in [2.05, 4.69) is 0 Å². The Bertz CT molecular complexity index is 1020. The lowest BCUT2D eigenvalue weighted by atomic mass is 10.1. The van der Waals surface area contributed by atoms with Crippen molar-refractivity contribution in [2.75, 3.05) is 24.7 Å². The van der Waals surface area contributed by atoms with Crippen LogP contribution in [-0.2, 0) is 21.2 Å². The van der Waals surface area contributed by atoms with Gasteiger partial charge in [0.25, 0.3) is 5.91 Å². The minimum Gasteiger partial charge on any atom is -0.494 e. The average Bonchev–Trinajstić information content (AvgIpc) is 3.15. The van der Waals surface area contributed by atoms with Gasteiger partial charge in [-0.05, 0) is 42.7 Å². The molecule has 0 aromatic heterocycles. The Morgan fingerprint density at radius 1 is 1.13 bits per heavy atom. The smallest absolute Gasteiger partial charge is 0.267 e. The van der Waals surface area contributed by atoms with Gasteiger partial charge in [0.05, 0.1) is 18.1 Å². The number of amides is 1. The monoisotopic (exact) mass is 445 g/mol. The normalized spacial score (nSPS) is 21.5. The summed E-state index contributed by atoms with van der Waals surface area (Å²) in [6.45, 7) is 3.08. The first-order valence-corrected chi connectivity index (χ1v) is 12.4. The number of hydrogen-bond acceptors (Lipinski definition) is 6. The maximum absolute atomic E-state index is 13.4. The molecule has 2 heterocycles. The zero-order valence-corrected chi connectivity index (χ0v) is 18.3. The molecule has 2 atom stereocenters. The zero-order chi connectivity index (χ0) is 21.8. The number of para-hydroxylation sites is 2. The molecule has 31 heavy (non-hydrogen) atoms. The van der Waals surface area contributed by atoms with E-state index in [0.717, 1.165) is 17.7 Å². The molecule has 8 heteroatoms. The van der Waals surface area contributed by atoms with Crippen molar-refractivity contribution in [1.29, 1.82) is 0 Å². The summed E-state index contributed by atoms with van der Waals surface area (Å²) in [5, 5.41) is 0. The summed E-state index contributed by atoms with van der Waals surface area (Å²) in [6.07, 6.45) is 0.535. The van der Waals surface area contributed by atoms with E-state index in [1.807, 2.05) is 43.3 Å². The molecule has 2 aliphatic rings. The van der Waals surface area contributed by atoms with Gasteiger partial charge in [0, 0.05) is 12.6 Å². The van der Waals surface area contributed by atoms with Crippen molar-refractivity contribution in [2.24, 2.45) is 0 Å². The fraction of sp³-hybridized carbons (Fsp3) is 0.435. The summed E-state index contributed by atoms with van der Waals surface area (Å²) >= 11 is 0. The number of benzene rings is 2. The first kappa shape index (κ1) is 21.5. The van der Waals surface area contributed by atoms with Crippen molar-refractivity contribution in [2.45, 2.75) is 38.5 Å². The topological polar surface area (TPSA) is 82.1 Å². The van der Waals surface area contributed by atoms with E-state index in [0.29, 0.717) is 31.1 Å². The molecule has 0 N–H and O–H groups in total. The van der Waals surface area contributed by atoms with Crippen molar-refractivity contribution < 1.29 is 27.4 Å². The summed E-state index contributed by atoms with van der Waals surface area (Å²) in [4.78, 5) is 15.1. The molecule has 2 unspecified atom stereocenters. The van der Waals surface area contributed by atoms with Crippen LogP contribution in [-0.4, -0.2) is 56.1 Å². The third-order valence-electron chi connectivity index (χ3n) is 5.47. The Kier molecular flexibility index (Phi) is 6.36. The van der Waals surface area contributed by atoms with Crippen LogP contribution in [0.2, 0.25) is 0 Å². The van der Waals surface area contributed by atoms with Crippen LogP contribution in [0, 0.1) is 0 Å². The summed E-state index contributed by atoms with van der Waals surface area (Å²) in [7, 11) is -3.15. The van der Waals surface area contributed by atoms with Gasteiger partial charge in [0.2, 0.25) is 6.10 Å². The minimum absolute atomic E-state index is 0.0272. The third-order valence-corrected chi connectivity index (χ3v) is 7.22. The van der Waals surface area contributed by atoms with Crippen LogP contribution in [0.3, 0.4) is 0 Å². The Morgan fingerprint density at radius 3 is 2.55 bits per heavy atom. The van der Waals surface area contributed by atoms with Gasteiger partial charge in [-0.1, -0.05) is 31.2 Å². The van der Waals surface area contributed by atoms with Crippen LogP contribution < -0.4 is 14.2 Å². The highest BCUT2D eigenvalue weighted by molar-refractivity contribution is 7.91. The van der Waals surface area contributed by atoms with E-state index < -0.39 is 15.9 Å². The SMILES string of the molecule is CCCOc1ccc(CN(C(=O)C2COc3ccccc3O2)C2CCS(=O)(=O)C2)cc1. The second kappa shape index (κ2) is 9.18. The summed E-state index contributed by atoms with van der Waals surface area (Å²) in [5.74, 6) is 1.69. The van der Waals surface area contributed by atoms with Gasteiger partial charge in [0.1, 0.15) is 12.4 Å².